The summed E-state index contributed by atoms with van der Waals surface area (Å²) in [6.45, 7) is 3.75. The van der Waals surface area contributed by atoms with E-state index in [1.54, 1.807) is 7.11 Å². The predicted octanol–water partition coefficient (Wildman–Crippen LogP) is 5.09. The number of nitrogens with zero attached hydrogens (tertiary/aromatic N) is 2. The van der Waals surface area contributed by atoms with E-state index in [9.17, 15) is 0 Å². The number of nitrogens with one attached hydrogen (secondary N) is 1. The summed E-state index contributed by atoms with van der Waals surface area (Å²) in [6.07, 6.45) is 9.54. The first-order valence-corrected chi connectivity index (χ1v) is 11.5. The van der Waals surface area contributed by atoms with Crippen LogP contribution in [0.1, 0.15) is 56.6 Å². The Balaban J connectivity index is 1.26. The van der Waals surface area contributed by atoms with Crippen molar-refractivity contribution in [1.29, 1.82) is 0 Å². The molecule has 4 rings (SSSR count). The molecular weight excluding hydrogens is 374 g/mol. The fraction of sp³-hybridized carbons (Fsp3) is 0.560. The van der Waals surface area contributed by atoms with Gasteiger partial charge in [0.25, 0.3) is 0 Å². The molecule has 1 aliphatic carbocycles. The van der Waals surface area contributed by atoms with Crippen molar-refractivity contribution in [3.63, 3.8) is 0 Å². The molecule has 0 spiro atoms. The highest BCUT2D eigenvalue weighted by Crippen LogP contribution is 2.31. The molecule has 1 saturated carbocycles. The molecule has 1 saturated heterocycles. The zero-order chi connectivity index (χ0) is 20.6. The van der Waals surface area contributed by atoms with Gasteiger partial charge in [0.2, 0.25) is 0 Å². The normalized spacial score (nSPS) is 20.6. The predicted molar refractivity (Wildman–Crippen MR) is 122 cm³/mol. The Bertz CT molecular complexity index is 774. The number of piperidine rings is 1. The van der Waals surface area contributed by atoms with Crippen LogP contribution in [0.5, 0.6) is 11.5 Å². The summed E-state index contributed by atoms with van der Waals surface area (Å²) >= 11 is 0. The molecule has 0 bridgehead atoms. The summed E-state index contributed by atoms with van der Waals surface area (Å²) in [5, 5.41) is 3.42. The third kappa shape index (κ3) is 5.66. The highest BCUT2D eigenvalue weighted by Gasteiger charge is 2.28. The first kappa shape index (κ1) is 21.0. The van der Waals surface area contributed by atoms with E-state index in [4.69, 9.17) is 14.5 Å². The van der Waals surface area contributed by atoms with Gasteiger partial charge in [0, 0.05) is 24.2 Å². The molecule has 0 radical (unpaired) electrons. The topological polar surface area (TPSA) is 46.6 Å². The molecule has 2 fully saturated rings. The molecule has 5 heteroatoms. The van der Waals surface area contributed by atoms with E-state index in [0.717, 1.165) is 29.9 Å². The van der Waals surface area contributed by atoms with Gasteiger partial charge in [-0.05, 0) is 68.6 Å². The number of ether oxygens (including phenoxy) is 2. The van der Waals surface area contributed by atoms with Crippen molar-refractivity contribution in [3.8, 4) is 11.5 Å². The SMILES string of the molecule is COc1ccc(OCCNc2cccc(C3CCCN(C4CCCCC4)C3)n2)cc1. The molecule has 1 aliphatic heterocycles. The second-order valence-corrected chi connectivity index (χ2v) is 8.52. The van der Waals surface area contributed by atoms with Crippen molar-refractivity contribution in [2.45, 2.75) is 56.9 Å². The maximum absolute atomic E-state index is 5.80. The summed E-state index contributed by atoms with van der Waals surface area (Å²) in [4.78, 5) is 7.68. The zero-order valence-corrected chi connectivity index (χ0v) is 18.2. The zero-order valence-electron chi connectivity index (χ0n) is 18.2. The van der Waals surface area contributed by atoms with Crippen LogP contribution in [0.3, 0.4) is 0 Å². The number of hydrogen-bond acceptors (Lipinski definition) is 5. The first-order chi connectivity index (χ1) is 14.8. The van der Waals surface area contributed by atoms with Crippen LogP contribution in [0.25, 0.3) is 0 Å². The van der Waals surface area contributed by atoms with Crippen LogP contribution < -0.4 is 14.8 Å². The molecule has 1 unspecified atom stereocenters. The molecule has 1 N–H and O–H groups in total. The number of benzene rings is 1. The van der Waals surface area contributed by atoms with Crippen LogP contribution in [0.15, 0.2) is 42.5 Å². The van der Waals surface area contributed by atoms with E-state index in [1.807, 2.05) is 24.3 Å². The van der Waals surface area contributed by atoms with Crippen LogP contribution in [-0.4, -0.2) is 49.3 Å². The fourth-order valence-corrected chi connectivity index (χ4v) is 4.82. The molecule has 1 aromatic carbocycles. The lowest BCUT2D eigenvalue weighted by Gasteiger charge is -2.40. The molecule has 2 aliphatic rings. The molecule has 5 nitrogen and oxygen atoms in total. The minimum absolute atomic E-state index is 0.554. The highest BCUT2D eigenvalue weighted by atomic mass is 16.5. The Kier molecular flexibility index (Phi) is 7.46. The van der Waals surface area contributed by atoms with Crippen LogP contribution in [-0.2, 0) is 0 Å². The van der Waals surface area contributed by atoms with Gasteiger partial charge in [-0.1, -0.05) is 25.3 Å². The summed E-state index contributed by atoms with van der Waals surface area (Å²) in [6, 6.07) is 14.9. The van der Waals surface area contributed by atoms with E-state index in [1.165, 1.54) is 63.7 Å². The van der Waals surface area contributed by atoms with Crippen molar-refractivity contribution in [3.05, 3.63) is 48.2 Å². The lowest BCUT2D eigenvalue weighted by Crippen LogP contribution is -2.43. The molecule has 162 valence electrons. The van der Waals surface area contributed by atoms with Crippen molar-refractivity contribution in [1.82, 2.24) is 9.88 Å². The van der Waals surface area contributed by atoms with Crippen LogP contribution in [0.4, 0.5) is 5.82 Å². The number of pyridine rings is 1. The second-order valence-electron chi connectivity index (χ2n) is 8.52. The highest BCUT2D eigenvalue weighted by molar-refractivity contribution is 5.36. The summed E-state index contributed by atoms with van der Waals surface area (Å²) in [7, 11) is 1.67. The number of hydrogen-bond donors (Lipinski definition) is 1. The molecule has 2 heterocycles. The van der Waals surface area contributed by atoms with E-state index >= 15 is 0 Å². The lowest BCUT2D eigenvalue weighted by molar-refractivity contribution is 0.118. The Morgan fingerprint density at radius 2 is 1.77 bits per heavy atom. The van der Waals surface area contributed by atoms with E-state index in [0.29, 0.717) is 12.5 Å². The van der Waals surface area contributed by atoms with Crippen LogP contribution in [0, 0.1) is 0 Å². The molecule has 1 aromatic heterocycles. The molecular formula is C25H35N3O2. The quantitative estimate of drug-likeness (QED) is 0.615. The Labute approximate surface area is 180 Å². The van der Waals surface area contributed by atoms with Gasteiger partial charge in [0.1, 0.15) is 23.9 Å². The number of anilines is 1. The van der Waals surface area contributed by atoms with Crippen molar-refractivity contribution >= 4 is 5.82 Å². The number of aromatic nitrogens is 1. The van der Waals surface area contributed by atoms with Gasteiger partial charge in [0.05, 0.1) is 13.7 Å². The van der Waals surface area contributed by atoms with Gasteiger partial charge >= 0.3 is 0 Å². The van der Waals surface area contributed by atoms with E-state index in [-0.39, 0.29) is 0 Å². The Morgan fingerprint density at radius 3 is 2.57 bits per heavy atom. The molecule has 1 atom stereocenters. The summed E-state index contributed by atoms with van der Waals surface area (Å²) in [5.74, 6) is 3.19. The average molecular weight is 410 g/mol. The first-order valence-electron chi connectivity index (χ1n) is 11.5. The maximum atomic E-state index is 5.80. The third-order valence-corrected chi connectivity index (χ3v) is 6.47. The number of rotatable bonds is 8. The molecule has 30 heavy (non-hydrogen) atoms. The lowest BCUT2D eigenvalue weighted by atomic mass is 9.89. The van der Waals surface area contributed by atoms with E-state index < -0.39 is 0 Å². The van der Waals surface area contributed by atoms with Gasteiger partial charge in [-0.3, -0.25) is 4.90 Å². The monoisotopic (exact) mass is 409 g/mol. The summed E-state index contributed by atoms with van der Waals surface area (Å²) in [5.41, 5.74) is 1.23. The van der Waals surface area contributed by atoms with Crippen molar-refractivity contribution < 1.29 is 9.47 Å². The van der Waals surface area contributed by atoms with E-state index in [2.05, 4.69) is 28.4 Å². The van der Waals surface area contributed by atoms with Gasteiger partial charge in [-0.25, -0.2) is 4.98 Å². The van der Waals surface area contributed by atoms with Crippen LogP contribution >= 0.6 is 0 Å². The second kappa shape index (κ2) is 10.7. The smallest absolute Gasteiger partial charge is 0.126 e. The standard InChI is InChI=1S/C25H35N3O2/c1-29-22-12-14-23(15-13-22)30-18-16-26-25-11-5-10-24(27-25)20-7-6-17-28(19-20)21-8-3-2-4-9-21/h5,10-15,20-21H,2-4,6-9,16-19H2,1H3,(H,26,27). The van der Waals surface area contributed by atoms with Crippen molar-refractivity contribution in [2.75, 3.05) is 38.7 Å². The van der Waals surface area contributed by atoms with Gasteiger partial charge < -0.3 is 14.8 Å². The van der Waals surface area contributed by atoms with Gasteiger partial charge in [-0.2, -0.15) is 0 Å². The number of likely N-dealkylation sites (tertiary alicyclic amines) is 1. The molecule has 0 amide bonds. The summed E-state index contributed by atoms with van der Waals surface area (Å²) < 4.78 is 11.0. The minimum atomic E-state index is 0.554. The van der Waals surface area contributed by atoms with Gasteiger partial charge in [0.15, 0.2) is 0 Å². The third-order valence-electron chi connectivity index (χ3n) is 6.47. The molecule has 2 aromatic rings. The Hall–Kier alpha value is -2.27. The maximum Gasteiger partial charge on any atom is 0.126 e. The van der Waals surface area contributed by atoms with Crippen LogP contribution in [0.2, 0.25) is 0 Å². The van der Waals surface area contributed by atoms with Gasteiger partial charge in [-0.15, -0.1) is 0 Å². The number of methoxy groups -OCH3 is 1. The van der Waals surface area contributed by atoms with Crippen molar-refractivity contribution in [2.24, 2.45) is 0 Å². The largest absolute Gasteiger partial charge is 0.497 e. The Morgan fingerprint density at radius 1 is 0.967 bits per heavy atom. The average Bonchev–Trinajstić information content (AvgIpc) is 2.83. The minimum Gasteiger partial charge on any atom is -0.497 e. The fourth-order valence-electron chi connectivity index (χ4n) is 4.82.